The van der Waals surface area contributed by atoms with Gasteiger partial charge in [-0.15, -0.1) is 0 Å². The van der Waals surface area contributed by atoms with E-state index in [9.17, 15) is 5.26 Å². The van der Waals surface area contributed by atoms with Gasteiger partial charge >= 0.3 is 0 Å². The fourth-order valence-corrected chi connectivity index (χ4v) is 6.08. The molecule has 0 saturated carbocycles. The molecule has 5 nitrogen and oxygen atoms in total. The van der Waals surface area contributed by atoms with Crippen LogP contribution in [-0.4, -0.2) is 19.1 Å². The second-order valence-corrected chi connectivity index (χ2v) is 9.82. The smallest absolute Gasteiger partial charge is 0.232 e. The SMILES string of the molecule is N#Cc1ncc(-c2c(-n3c4ccccc4c4ccccc43)cccc2-n2c3ccccc3c3ccccc32)cn1. The fraction of sp³-hybridized carbons (Fsp3) is 0. The first kappa shape index (κ1) is 22.3. The third-order valence-corrected chi connectivity index (χ3v) is 7.70. The minimum absolute atomic E-state index is 0.150. The van der Waals surface area contributed by atoms with Crippen molar-refractivity contribution in [1.82, 2.24) is 19.1 Å². The molecular formula is C35H21N5. The van der Waals surface area contributed by atoms with Crippen molar-refractivity contribution in [3.8, 4) is 28.6 Å². The predicted octanol–water partition coefficient (Wildman–Crippen LogP) is 8.21. The maximum absolute atomic E-state index is 9.40. The van der Waals surface area contributed by atoms with Gasteiger partial charge in [0.05, 0.1) is 33.4 Å². The number of hydrogen-bond acceptors (Lipinski definition) is 3. The van der Waals surface area contributed by atoms with Crippen molar-refractivity contribution in [2.45, 2.75) is 0 Å². The van der Waals surface area contributed by atoms with Crippen molar-refractivity contribution < 1.29 is 0 Å². The standard InChI is InChI=1S/C35H21N5/c36-20-34-37-21-23(22-38-34)35-32(39-28-14-5-1-10-24(28)25-11-2-6-15-29(25)39)18-9-19-33(35)40-30-16-7-3-12-26(30)27-13-4-8-17-31(27)40/h1-19,21-22H. The van der Waals surface area contributed by atoms with Gasteiger partial charge in [-0.2, -0.15) is 5.26 Å². The Bertz CT molecular complexity index is 2040. The second-order valence-electron chi connectivity index (χ2n) is 9.82. The Labute approximate surface area is 229 Å². The van der Waals surface area contributed by atoms with E-state index in [4.69, 9.17) is 0 Å². The summed E-state index contributed by atoms with van der Waals surface area (Å²) in [6, 6.07) is 42.5. The van der Waals surface area contributed by atoms with E-state index in [1.54, 1.807) is 12.4 Å². The number of nitriles is 1. The lowest BCUT2D eigenvalue weighted by Gasteiger charge is -2.19. The van der Waals surface area contributed by atoms with Crippen LogP contribution in [0.5, 0.6) is 0 Å². The molecule has 0 aliphatic carbocycles. The maximum Gasteiger partial charge on any atom is 0.232 e. The summed E-state index contributed by atoms with van der Waals surface area (Å²) in [4.78, 5) is 8.75. The van der Waals surface area contributed by atoms with Crippen molar-refractivity contribution in [2.24, 2.45) is 0 Å². The van der Waals surface area contributed by atoms with E-state index in [1.807, 2.05) is 0 Å². The van der Waals surface area contributed by atoms with Crippen molar-refractivity contribution in [3.63, 3.8) is 0 Å². The minimum atomic E-state index is 0.150. The largest absolute Gasteiger partial charge is 0.309 e. The van der Waals surface area contributed by atoms with E-state index in [2.05, 4.69) is 140 Å². The van der Waals surface area contributed by atoms with Crippen LogP contribution in [0.4, 0.5) is 0 Å². The number of nitrogens with zero attached hydrogens (tertiary/aromatic N) is 5. The number of hydrogen-bond donors (Lipinski definition) is 0. The molecule has 0 aliphatic heterocycles. The van der Waals surface area contributed by atoms with E-state index >= 15 is 0 Å². The summed E-state index contributed by atoms with van der Waals surface area (Å²) in [5.74, 6) is 0.150. The molecule has 0 amide bonds. The van der Waals surface area contributed by atoms with Crippen LogP contribution in [0.2, 0.25) is 0 Å². The number of benzene rings is 5. The van der Waals surface area contributed by atoms with Crippen LogP contribution in [0, 0.1) is 11.3 Å². The molecule has 5 aromatic carbocycles. The van der Waals surface area contributed by atoms with E-state index in [-0.39, 0.29) is 5.82 Å². The van der Waals surface area contributed by atoms with E-state index < -0.39 is 0 Å². The third kappa shape index (κ3) is 3.14. The summed E-state index contributed by atoms with van der Waals surface area (Å²) in [5, 5.41) is 14.2. The third-order valence-electron chi connectivity index (χ3n) is 7.70. The Morgan fingerprint density at radius 1 is 0.475 bits per heavy atom. The molecule has 3 heterocycles. The summed E-state index contributed by atoms with van der Waals surface area (Å²) in [5.41, 5.74) is 8.36. The fourth-order valence-electron chi connectivity index (χ4n) is 6.08. The number of fused-ring (bicyclic) bond motifs is 6. The Balaban J connectivity index is 1.55. The van der Waals surface area contributed by atoms with Crippen molar-refractivity contribution in [2.75, 3.05) is 0 Å². The summed E-state index contributed by atoms with van der Waals surface area (Å²) in [6.45, 7) is 0. The molecule has 0 bridgehead atoms. The van der Waals surface area contributed by atoms with Crippen LogP contribution in [0.25, 0.3) is 66.1 Å². The Morgan fingerprint density at radius 2 is 0.850 bits per heavy atom. The first-order valence-electron chi connectivity index (χ1n) is 13.2. The lowest BCUT2D eigenvalue weighted by Crippen LogP contribution is -2.04. The summed E-state index contributed by atoms with van der Waals surface area (Å²) in [7, 11) is 0. The van der Waals surface area contributed by atoms with E-state index in [0.717, 1.165) is 44.6 Å². The average Bonchev–Trinajstić information content (AvgIpc) is 3.54. The average molecular weight is 512 g/mol. The second kappa shape index (κ2) is 8.65. The first-order valence-corrected chi connectivity index (χ1v) is 13.2. The van der Waals surface area contributed by atoms with Gasteiger partial charge in [-0.25, -0.2) is 9.97 Å². The summed E-state index contributed by atoms with van der Waals surface area (Å²) >= 11 is 0. The quantitative estimate of drug-likeness (QED) is 0.240. The van der Waals surface area contributed by atoms with Crippen molar-refractivity contribution in [3.05, 3.63) is 133 Å². The monoisotopic (exact) mass is 511 g/mol. The maximum atomic E-state index is 9.40. The molecule has 8 aromatic rings. The Hall–Kier alpha value is -5.73. The van der Waals surface area contributed by atoms with E-state index in [1.165, 1.54) is 21.5 Å². The number of aromatic nitrogens is 4. The molecule has 0 radical (unpaired) electrons. The Morgan fingerprint density at radius 3 is 1.23 bits per heavy atom. The first-order chi connectivity index (χ1) is 19.8. The normalized spacial score (nSPS) is 11.5. The van der Waals surface area contributed by atoms with Crippen LogP contribution in [0.1, 0.15) is 5.82 Å². The molecule has 0 spiro atoms. The van der Waals surface area contributed by atoms with Gasteiger partial charge in [0, 0.05) is 45.1 Å². The zero-order chi connectivity index (χ0) is 26.6. The zero-order valence-electron chi connectivity index (χ0n) is 21.4. The van der Waals surface area contributed by atoms with Gasteiger partial charge in [-0.05, 0) is 36.4 Å². The molecule has 8 rings (SSSR count). The predicted molar refractivity (Wildman–Crippen MR) is 161 cm³/mol. The summed E-state index contributed by atoms with van der Waals surface area (Å²) < 4.78 is 4.66. The van der Waals surface area contributed by atoms with Crippen LogP contribution >= 0.6 is 0 Å². The molecule has 0 unspecified atom stereocenters. The van der Waals surface area contributed by atoms with E-state index in [0.29, 0.717) is 0 Å². The molecule has 5 heteroatoms. The van der Waals surface area contributed by atoms with Crippen molar-refractivity contribution >= 4 is 43.6 Å². The van der Waals surface area contributed by atoms with Crippen LogP contribution in [0.15, 0.2) is 128 Å². The van der Waals surface area contributed by atoms with Crippen LogP contribution in [-0.2, 0) is 0 Å². The van der Waals surface area contributed by atoms with Gasteiger partial charge in [-0.3, -0.25) is 0 Å². The van der Waals surface area contributed by atoms with Crippen molar-refractivity contribution in [1.29, 1.82) is 5.26 Å². The number of para-hydroxylation sites is 4. The highest BCUT2D eigenvalue weighted by Crippen LogP contribution is 2.41. The summed E-state index contributed by atoms with van der Waals surface area (Å²) in [6.07, 6.45) is 3.52. The number of rotatable bonds is 3. The van der Waals surface area contributed by atoms with Gasteiger partial charge in [0.1, 0.15) is 6.07 Å². The molecule has 40 heavy (non-hydrogen) atoms. The lowest BCUT2D eigenvalue weighted by molar-refractivity contribution is 1.10. The topological polar surface area (TPSA) is 59.4 Å². The zero-order valence-corrected chi connectivity index (χ0v) is 21.4. The minimum Gasteiger partial charge on any atom is -0.309 e. The molecule has 0 fully saturated rings. The highest BCUT2D eigenvalue weighted by molar-refractivity contribution is 6.11. The highest BCUT2D eigenvalue weighted by atomic mass is 15.0. The van der Waals surface area contributed by atoms with Gasteiger partial charge < -0.3 is 9.13 Å². The molecule has 0 N–H and O–H groups in total. The molecule has 3 aromatic heterocycles. The molecule has 186 valence electrons. The van der Waals surface area contributed by atoms with Crippen LogP contribution in [0.3, 0.4) is 0 Å². The lowest BCUT2D eigenvalue weighted by atomic mass is 10.0. The Kier molecular flexibility index (Phi) is 4.82. The van der Waals surface area contributed by atoms with Gasteiger partial charge in [-0.1, -0.05) is 78.9 Å². The van der Waals surface area contributed by atoms with Gasteiger partial charge in [0.15, 0.2) is 0 Å². The highest BCUT2D eigenvalue weighted by Gasteiger charge is 2.21. The molecule has 0 atom stereocenters. The molecule has 0 saturated heterocycles. The van der Waals surface area contributed by atoms with Crippen LogP contribution < -0.4 is 0 Å². The van der Waals surface area contributed by atoms with Gasteiger partial charge in [0.2, 0.25) is 5.82 Å². The molecule has 0 aliphatic rings. The van der Waals surface area contributed by atoms with Gasteiger partial charge in [0.25, 0.3) is 0 Å². The molecular weight excluding hydrogens is 490 g/mol.